The number of hydrogen-bond donors (Lipinski definition) is 2. The van der Waals surface area contributed by atoms with Crippen LogP contribution in [0, 0.1) is 34.6 Å². The normalized spacial score (nSPS) is 11.1. The fourth-order valence-electron chi connectivity index (χ4n) is 4.30. The molecule has 5 heteroatoms. The van der Waals surface area contributed by atoms with Crippen molar-refractivity contribution in [1.82, 2.24) is 14.9 Å². The molecule has 0 saturated carbocycles. The average Bonchev–Trinajstić information content (AvgIpc) is 3.01. The number of benzene rings is 2. The standard InChI is InChI=1S/C26H27N3O2/c1-15-9-8-12-22(18(15)4)29-19(5)24(20-10-6-7-11-23(20)29)26(31)27-14-21-16(2)13-17(3)28-25(21)30/h6-13H,14H2,1-5H3,(H,27,31)(H,28,30). The van der Waals surface area contributed by atoms with Gasteiger partial charge in [-0.05, 0) is 69.5 Å². The van der Waals surface area contributed by atoms with Crippen LogP contribution in [0.2, 0.25) is 0 Å². The molecule has 0 radical (unpaired) electrons. The van der Waals surface area contributed by atoms with E-state index in [1.54, 1.807) is 0 Å². The molecule has 31 heavy (non-hydrogen) atoms. The number of aryl methyl sites for hydroxylation is 3. The Hall–Kier alpha value is -3.60. The van der Waals surface area contributed by atoms with Crippen LogP contribution in [0.1, 0.15) is 44.0 Å². The number of nitrogens with one attached hydrogen (secondary N) is 2. The third-order valence-electron chi connectivity index (χ3n) is 6.08. The molecule has 2 N–H and O–H groups in total. The molecule has 0 saturated heterocycles. The van der Waals surface area contributed by atoms with Crippen LogP contribution in [-0.4, -0.2) is 15.5 Å². The lowest BCUT2D eigenvalue weighted by Crippen LogP contribution is -2.28. The zero-order valence-electron chi connectivity index (χ0n) is 18.6. The quantitative estimate of drug-likeness (QED) is 0.505. The molecule has 2 aromatic carbocycles. The first-order chi connectivity index (χ1) is 14.8. The Labute approximate surface area is 181 Å². The molecule has 5 nitrogen and oxygen atoms in total. The monoisotopic (exact) mass is 413 g/mol. The molecule has 1 amide bonds. The zero-order valence-corrected chi connectivity index (χ0v) is 18.6. The number of carbonyl (C=O) groups excluding carboxylic acids is 1. The van der Waals surface area contributed by atoms with Crippen molar-refractivity contribution >= 4 is 16.8 Å². The first-order valence-electron chi connectivity index (χ1n) is 10.4. The molecule has 0 unspecified atom stereocenters. The van der Waals surface area contributed by atoms with E-state index in [0.717, 1.165) is 33.5 Å². The molecule has 4 rings (SSSR count). The van der Waals surface area contributed by atoms with Gasteiger partial charge >= 0.3 is 0 Å². The number of nitrogens with zero attached hydrogens (tertiary/aromatic N) is 1. The van der Waals surface area contributed by atoms with Crippen molar-refractivity contribution < 1.29 is 4.79 Å². The van der Waals surface area contributed by atoms with Crippen LogP contribution < -0.4 is 10.9 Å². The molecule has 158 valence electrons. The lowest BCUT2D eigenvalue weighted by molar-refractivity contribution is 0.0951. The van der Waals surface area contributed by atoms with Gasteiger partial charge in [0.1, 0.15) is 0 Å². The number of aromatic nitrogens is 2. The first-order valence-corrected chi connectivity index (χ1v) is 10.4. The molecule has 0 atom stereocenters. The minimum absolute atomic E-state index is 0.160. The van der Waals surface area contributed by atoms with Gasteiger partial charge in [0.2, 0.25) is 0 Å². The summed E-state index contributed by atoms with van der Waals surface area (Å²) in [4.78, 5) is 28.4. The zero-order chi connectivity index (χ0) is 22.3. The third-order valence-corrected chi connectivity index (χ3v) is 6.08. The van der Waals surface area contributed by atoms with Crippen molar-refractivity contribution in [3.63, 3.8) is 0 Å². The summed E-state index contributed by atoms with van der Waals surface area (Å²) >= 11 is 0. The van der Waals surface area contributed by atoms with Crippen LogP contribution in [0.5, 0.6) is 0 Å². The number of aromatic amines is 1. The molecule has 0 aliphatic rings. The highest BCUT2D eigenvalue weighted by Crippen LogP contribution is 2.31. The Bertz CT molecular complexity index is 1380. The van der Waals surface area contributed by atoms with Gasteiger partial charge in [-0.3, -0.25) is 9.59 Å². The van der Waals surface area contributed by atoms with Crippen molar-refractivity contribution in [1.29, 1.82) is 0 Å². The van der Waals surface area contributed by atoms with Gasteiger partial charge in [-0.25, -0.2) is 0 Å². The van der Waals surface area contributed by atoms with Gasteiger partial charge < -0.3 is 14.9 Å². The van der Waals surface area contributed by atoms with Crippen LogP contribution in [0.3, 0.4) is 0 Å². The molecule has 4 aromatic rings. The Morgan fingerprint density at radius 2 is 1.71 bits per heavy atom. The minimum Gasteiger partial charge on any atom is -0.348 e. The fourth-order valence-corrected chi connectivity index (χ4v) is 4.30. The molecule has 0 aliphatic carbocycles. The molecule has 0 fully saturated rings. The highest BCUT2D eigenvalue weighted by molar-refractivity contribution is 6.09. The van der Waals surface area contributed by atoms with Gasteiger partial charge in [-0.2, -0.15) is 0 Å². The van der Waals surface area contributed by atoms with Crippen molar-refractivity contribution in [3.05, 3.63) is 98.1 Å². The van der Waals surface area contributed by atoms with Crippen LogP contribution in [0.15, 0.2) is 53.3 Å². The van der Waals surface area contributed by atoms with E-state index >= 15 is 0 Å². The Balaban J connectivity index is 1.78. The minimum atomic E-state index is -0.183. The van der Waals surface area contributed by atoms with E-state index in [2.05, 4.69) is 40.8 Å². The van der Waals surface area contributed by atoms with Crippen LogP contribution in [-0.2, 0) is 6.54 Å². The van der Waals surface area contributed by atoms with E-state index in [0.29, 0.717) is 11.1 Å². The number of amides is 1. The molecule has 2 heterocycles. The van der Waals surface area contributed by atoms with Crippen LogP contribution in [0.4, 0.5) is 0 Å². The van der Waals surface area contributed by atoms with Crippen molar-refractivity contribution in [2.75, 3.05) is 0 Å². The van der Waals surface area contributed by atoms with Crippen molar-refractivity contribution in [2.45, 2.75) is 41.2 Å². The summed E-state index contributed by atoms with van der Waals surface area (Å²) in [7, 11) is 0. The van der Waals surface area contributed by atoms with Gasteiger partial charge in [0.15, 0.2) is 0 Å². The maximum atomic E-state index is 13.3. The van der Waals surface area contributed by atoms with Gasteiger partial charge in [0.25, 0.3) is 11.5 Å². The number of rotatable bonds is 4. The Morgan fingerprint density at radius 1 is 0.968 bits per heavy atom. The summed E-state index contributed by atoms with van der Waals surface area (Å²) in [5.74, 6) is -0.183. The smallest absolute Gasteiger partial charge is 0.254 e. The van der Waals surface area contributed by atoms with Crippen molar-refractivity contribution in [2.24, 2.45) is 0 Å². The largest absolute Gasteiger partial charge is 0.348 e. The summed E-state index contributed by atoms with van der Waals surface area (Å²) in [6.45, 7) is 10.1. The second kappa shape index (κ2) is 7.91. The highest BCUT2D eigenvalue weighted by Gasteiger charge is 2.21. The van der Waals surface area contributed by atoms with Crippen LogP contribution >= 0.6 is 0 Å². The number of H-pyrrole nitrogens is 1. The van der Waals surface area contributed by atoms with E-state index in [1.807, 2.05) is 57.2 Å². The van der Waals surface area contributed by atoms with Gasteiger partial charge in [-0.15, -0.1) is 0 Å². The summed E-state index contributed by atoms with van der Waals surface area (Å²) < 4.78 is 2.15. The van der Waals surface area contributed by atoms with Gasteiger partial charge in [-0.1, -0.05) is 30.3 Å². The predicted octanol–water partition coefficient (Wildman–Crippen LogP) is 4.79. The first kappa shape index (κ1) is 20.7. The molecular weight excluding hydrogens is 386 g/mol. The van der Waals surface area contributed by atoms with E-state index in [1.165, 1.54) is 11.1 Å². The van der Waals surface area contributed by atoms with Crippen LogP contribution in [0.25, 0.3) is 16.6 Å². The fraction of sp³-hybridized carbons (Fsp3) is 0.231. The molecular formula is C26H27N3O2. The summed E-state index contributed by atoms with van der Waals surface area (Å²) in [6, 6.07) is 16.1. The number of fused-ring (bicyclic) bond motifs is 1. The molecule has 0 spiro atoms. The third kappa shape index (κ3) is 3.56. The van der Waals surface area contributed by atoms with Gasteiger partial charge in [0, 0.05) is 34.6 Å². The van der Waals surface area contributed by atoms with E-state index in [4.69, 9.17) is 0 Å². The number of pyridine rings is 1. The van der Waals surface area contributed by atoms with Gasteiger partial charge in [0.05, 0.1) is 11.1 Å². The lowest BCUT2D eigenvalue weighted by Gasteiger charge is -2.14. The summed E-state index contributed by atoms with van der Waals surface area (Å²) in [6.07, 6.45) is 0. The molecule has 2 aromatic heterocycles. The second-order valence-electron chi connectivity index (χ2n) is 8.16. The predicted molar refractivity (Wildman–Crippen MR) is 125 cm³/mol. The SMILES string of the molecule is Cc1cc(C)c(CNC(=O)c2c(C)n(-c3cccc(C)c3C)c3ccccc23)c(=O)[nH]1. The number of carbonyl (C=O) groups is 1. The Kier molecular flexibility index (Phi) is 5.27. The van der Waals surface area contributed by atoms with E-state index < -0.39 is 0 Å². The number of hydrogen-bond acceptors (Lipinski definition) is 2. The average molecular weight is 414 g/mol. The summed E-state index contributed by atoms with van der Waals surface area (Å²) in [5.41, 5.74) is 8.06. The Morgan fingerprint density at radius 3 is 2.45 bits per heavy atom. The van der Waals surface area contributed by atoms with Crippen molar-refractivity contribution in [3.8, 4) is 5.69 Å². The van der Waals surface area contributed by atoms with E-state index in [-0.39, 0.29) is 18.0 Å². The topological polar surface area (TPSA) is 66.9 Å². The molecule has 0 bridgehead atoms. The van der Waals surface area contributed by atoms with E-state index in [9.17, 15) is 9.59 Å². The highest BCUT2D eigenvalue weighted by atomic mass is 16.2. The maximum absolute atomic E-state index is 13.3. The number of para-hydroxylation sites is 1. The molecule has 0 aliphatic heterocycles. The maximum Gasteiger partial charge on any atom is 0.254 e. The lowest BCUT2D eigenvalue weighted by atomic mass is 10.1. The summed E-state index contributed by atoms with van der Waals surface area (Å²) in [5, 5.41) is 3.86. The second-order valence-corrected chi connectivity index (χ2v) is 8.16.